The summed E-state index contributed by atoms with van der Waals surface area (Å²) in [5, 5.41) is 0. The fourth-order valence-corrected chi connectivity index (χ4v) is 2.48. The average molecular weight is 573 g/mol. The summed E-state index contributed by atoms with van der Waals surface area (Å²) in [4.78, 5) is 12.2. The van der Waals surface area contributed by atoms with Gasteiger partial charge in [0.05, 0.1) is 0 Å². The van der Waals surface area contributed by atoms with E-state index in [9.17, 15) is 79.4 Å². The molecule has 0 fully saturated rings. The van der Waals surface area contributed by atoms with Crippen molar-refractivity contribution in [2.24, 2.45) is 0 Å². The highest BCUT2D eigenvalue weighted by Crippen LogP contribution is 2.64. The minimum absolute atomic E-state index is 0.0925. The molecule has 0 radical (unpaired) electrons. The standard InChI is InChI=1S/C17H16F17NO/c1-8(2)9(36)35(3)7-5-4-6-10(18,19)11(20,21)12(22,23)13(24,25)14(26,27)15(28,29)16(30,31)17(32,33)34/h1,4-7H2,2-3H3. The van der Waals surface area contributed by atoms with Crippen molar-refractivity contribution in [3.05, 3.63) is 12.2 Å². The minimum atomic E-state index is -8.63. The Morgan fingerprint density at radius 2 is 0.944 bits per heavy atom. The normalized spacial score (nSPS) is 15.2. The second kappa shape index (κ2) is 9.72. The number of amides is 1. The van der Waals surface area contributed by atoms with Crippen LogP contribution < -0.4 is 0 Å². The zero-order valence-corrected chi connectivity index (χ0v) is 17.8. The molecule has 0 N–H and O–H groups in total. The van der Waals surface area contributed by atoms with E-state index in [4.69, 9.17) is 0 Å². The van der Waals surface area contributed by atoms with E-state index < -0.39 is 79.3 Å². The average Bonchev–Trinajstić information content (AvgIpc) is 2.68. The lowest BCUT2D eigenvalue weighted by Crippen LogP contribution is -2.74. The molecule has 19 heteroatoms. The number of hydrogen-bond acceptors (Lipinski definition) is 1. The van der Waals surface area contributed by atoms with Crippen molar-refractivity contribution >= 4 is 5.91 Å². The summed E-state index contributed by atoms with van der Waals surface area (Å²) < 4.78 is 224. The van der Waals surface area contributed by atoms with E-state index in [1.165, 1.54) is 6.92 Å². The van der Waals surface area contributed by atoms with Crippen molar-refractivity contribution < 1.29 is 79.4 Å². The molecule has 0 aromatic carbocycles. The molecule has 0 aromatic rings. The third kappa shape index (κ3) is 5.19. The lowest BCUT2D eigenvalue weighted by molar-refractivity contribution is -0.461. The van der Waals surface area contributed by atoms with E-state index in [-0.39, 0.29) is 5.57 Å². The molecule has 0 aliphatic heterocycles. The zero-order valence-electron chi connectivity index (χ0n) is 17.8. The number of likely N-dealkylation sites (N-methyl/N-ethyl adjacent to an activating group) is 1. The van der Waals surface area contributed by atoms with Gasteiger partial charge in [-0.15, -0.1) is 0 Å². The first-order valence-corrected chi connectivity index (χ1v) is 9.11. The first kappa shape index (κ1) is 34.0. The van der Waals surface area contributed by atoms with Gasteiger partial charge in [-0.3, -0.25) is 4.79 Å². The van der Waals surface area contributed by atoms with Crippen LogP contribution in [0.3, 0.4) is 0 Å². The Hall–Kier alpha value is -1.98. The number of rotatable bonds is 12. The van der Waals surface area contributed by atoms with Crippen LogP contribution in [0.1, 0.15) is 26.2 Å². The summed E-state index contributed by atoms with van der Waals surface area (Å²) in [7, 11) is 1.04. The molecule has 0 rings (SSSR count). The van der Waals surface area contributed by atoms with E-state index in [0.29, 0.717) is 0 Å². The van der Waals surface area contributed by atoms with Gasteiger partial charge < -0.3 is 4.90 Å². The molecule has 36 heavy (non-hydrogen) atoms. The topological polar surface area (TPSA) is 20.3 Å². The van der Waals surface area contributed by atoms with Gasteiger partial charge in [-0.2, -0.15) is 74.6 Å². The number of carbonyl (C=O) groups is 1. The third-order valence-electron chi connectivity index (χ3n) is 4.73. The summed E-state index contributed by atoms with van der Waals surface area (Å²) in [5.41, 5.74) is -0.0925. The molecular formula is C17H16F17NO. The first-order valence-electron chi connectivity index (χ1n) is 9.11. The SMILES string of the molecule is C=C(C)C(=O)N(C)CCCCC(F)(F)C(F)(F)C(F)(F)C(F)(F)C(F)(F)C(F)(F)C(F)(F)C(F)(F)F. The molecule has 0 saturated carbocycles. The number of unbranched alkanes of at least 4 members (excludes halogenated alkanes) is 1. The lowest BCUT2D eigenvalue weighted by Gasteiger charge is -2.42. The van der Waals surface area contributed by atoms with Gasteiger partial charge in [0, 0.05) is 25.6 Å². The number of carbonyl (C=O) groups excluding carboxylic acids is 1. The maximum Gasteiger partial charge on any atom is 0.460 e. The van der Waals surface area contributed by atoms with E-state index in [1.807, 2.05) is 0 Å². The largest absolute Gasteiger partial charge is 0.460 e. The molecule has 214 valence electrons. The fourth-order valence-electron chi connectivity index (χ4n) is 2.48. The Bertz CT molecular complexity index is 814. The Balaban J connectivity index is 6.08. The zero-order chi connectivity index (χ0) is 29.6. The van der Waals surface area contributed by atoms with E-state index in [2.05, 4.69) is 6.58 Å². The number of halogens is 17. The molecule has 0 spiro atoms. The Morgan fingerprint density at radius 1 is 0.611 bits per heavy atom. The molecule has 1 amide bonds. The molecule has 0 aliphatic carbocycles. The van der Waals surface area contributed by atoms with Crippen LogP contribution in [0.5, 0.6) is 0 Å². The number of alkyl halides is 17. The van der Waals surface area contributed by atoms with Crippen LogP contribution in [0.2, 0.25) is 0 Å². The van der Waals surface area contributed by atoms with Gasteiger partial charge >= 0.3 is 47.6 Å². The second-order valence-corrected chi connectivity index (χ2v) is 7.61. The molecule has 0 unspecified atom stereocenters. The fraction of sp³-hybridized carbons (Fsp3) is 0.824. The third-order valence-corrected chi connectivity index (χ3v) is 4.73. The van der Waals surface area contributed by atoms with Gasteiger partial charge in [0.1, 0.15) is 0 Å². The highest BCUT2D eigenvalue weighted by molar-refractivity contribution is 5.91. The predicted octanol–water partition coefficient (Wildman–Crippen LogP) is 7.20. The van der Waals surface area contributed by atoms with Crippen molar-refractivity contribution in [1.29, 1.82) is 0 Å². The molecule has 0 aliphatic rings. The van der Waals surface area contributed by atoms with Crippen molar-refractivity contribution in [1.82, 2.24) is 4.90 Å². The van der Waals surface area contributed by atoms with Crippen LogP contribution in [0.4, 0.5) is 74.6 Å². The molecular weight excluding hydrogens is 557 g/mol. The van der Waals surface area contributed by atoms with Crippen molar-refractivity contribution in [2.45, 2.75) is 73.8 Å². The number of hydrogen-bond donors (Lipinski definition) is 0. The Labute approximate surface area is 191 Å². The maximum absolute atomic E-state index is 13.7. The minimum Gasteiger partial charge on any atom is -0.342 e. The molecule has 0 heterocycles. The van der Waals surface area contributed by atoms with Gasteiger partial charge in [0.25, 0.3) is 0 Å². The van der Waals surface area contributed by atoms with Crippen LogP contribution in [0.15, 0.2) is 12.2 Å². The van der Waals surface area contributed by atoms with Gasteiger partial charge in [0.15, 0.2) is 0 Å². The smallest absolute Gasteiger partial charge is 0.342 e. The van der Waals surface area contributed by atoms with E-state index >= 15 is 0 Å². The maximum atomic E-state index is 13.7. The summed E-state index contributed by atoms with van der Waals surface area (Å²) in [6, 6.07) is 0. The molecule has 2 nitrogen and oxygen atoms in total. The molecule has 0 saturated heterocycles. The van der Waals surface area contributed by atoms with Crippen LogP contribution in [-0.2, 0) is 4.79 Å². The summed E-state index contributed by atoms with van der Waals surface area (Å²) in [5.74, 6) is -57.1. The van der Waals surface area contributed by atoms with Crippen LogP contribution in [0, 0.1) is 0 Å². The van der Waals surface area contributed by atoms with Crippen LogP contribution in [-0.4, -0.2) is 72.0 Å². The Kier molecular flexibility index (Phi) is 9.18. The molecule has 0 bridgehead atoms. The van der Waals surface area contributed by atoms with Gasteiger partial charge in [-0.05, 0) is 19.8 Å². The quantitative estimate of drug-likeness (QED) is 0.137. The van der Waals surface area contributed by atoms with Gasteiger partial charge in [-0.25, -0.2) is 0 Å². The summed E-state index contributed by atoms with van der Waals surface area (Å²) in [6.45, 7) is 3.87. The van der Waals surface area contributed by atoms with E-state index in [1.54, 1.807) is 0 Å². The summed E-state index contributed by atoms with van der Waals surface area (Å²) >= 11 is 0. The monoisotopic (exact) mass is 573 g/mol. The Morgan fingerprint density at radius 3 is 1.28 bits per heavy atom. The van der Waals surface area contributed by atoms with Gasteiger partial charge in [0.2, 0.25) is 5.91 Å². The highest BCUT2D eigenvalue weighted by Gasteiger charge is 2.95. The predicted molar refractivity (Wildman–Crippen MR) is 87.0 cm³/mol. The molecule has 0 atom stereocenters. The van der Waals surface area contributed by atoms with E-state index in [0.717, 1.165) is 11.9 Å². The summed E-state index contributed by atoms with van der Waals surface area (Å²) in [6.07, 6.45) is -12.3. The van der Waals surface area contributed by atoms with Crippen LogP contribution >= 0.6 is 0 Å². The van der Waals surface area contributed by atoms with Gasteiger partial charge in [-0.1, -0.05) is 6.58 Å². The first-order chi connectivity index (χ1) is 15.5. The number of nitrogens with zero attached hydrogens (tertiary/aromatic N) is 1. The highest BCUT2D eigenvalue weighted by atomic mass is 19.4. The second-order valence-electron chi connectivity index (χ2n) is 7.61. The van der Waals surface area contributed by atoms with Crippen molar-refractivity contribution in [3.63, 3.8) is 0 Å². The lowest BCUT2D eigenvalue weighted by atomic mass is 9.88. The van der Waals surface area contributed by atoms with Crippen molar-refractivity contribution in [3.8, 4) is 0 Å². The molecule has 0 aromatic heterocycles. The van der Waals surface area contributed by atoms with Crippen molar-refractivity contribution in [2.75, 3.05) is 13.6 Å². The van der Waals surface area contributed by atoms with Crippen LogP contribution in [0.25, 0.3) is 0 Å².